The summed E-state index contributed by atoms with van der Waals surface area (Å²) in [6, 6.07) is 4.79. The molecule has 0 spiro atoms. The normalized spacial score (nSPS) is 15.8. The molecule has 2 rings (SSSR count). The van der Waals surface area contributed by atoms with Gasteiger partial charge in [-0.15, -0.1) is 0 Å². The molecule has 108 valence electrons. The Kier molecular flexibility index (Phi) is 5.03. The Hall–Kier alpha value is -1.99. The third-order valence-electron chi connectivity index (χ3n) is 3.27. The van der Waals surface area contributed by atoms with Gasteiger partial charge in [-0.1, -0.05) is 6.07 Å². The second-order valence-corrected chi connectivity index (χ2v) is 4.52. The van der Waals surface area contributed by atoms with Gasteiger partial charge in [0.2, 0.25) is 0 Å². The smallest absolute Gasteiger partial charge is 0.280 e. The fourth-order valence-electron chi connectivity index (χ4n) is 2.19. The lowest BCUT2D eigenvalue weighted by atomic mass is 10.1. The average molecular weight is 278 g/mol. The van der Waals surface area contributed by atoms with Gasteiger partial charge >= 0.3 is 0 Å². The topological polar surface area (TPSA) is 91.5 Å². The van der Waals surface area contributed by atoms with Crippen LogP contribution in [0.4, 0.5) is 11.4 Å². The van der Waals surface area contributed by atoms with Gasteiger partial charge in [0.25, 0.3) is 5.69 Å². The SMILES string of the molecule is N=Cc1c(NCCN2CCOCC2)cccc1[N+](=O)[O-]. The fourth-order valence-corrected chi connectivity index (χ4v) is 2.19. The summed E-state index contributed by atoms with van der Waals surface area (Å²) in [5.74, 6) is 0. The van der Waals surface area contributed by atoms with Crippen molar-refractivity contribution in [3.63, 3.8) is 0 Å². The predicted octanol–water partition coefficient (Wildman–Crippen LogP) is 1.34. The average Bonchev–Trinajstić information content (AvgIpc) is 2.48. The lowest BCUT2D eigenvalue weighted by molar-refractivity contribution is -0.384. The van der Waals surface area contributed by atoms with Gasteiger partial charge in [0.1, 0.15) is 0 Å². The summed E-state index contributed by atoms with van der Waals surface area (Å²) in [7, 11) is 0. The molecular formula is C13H18N4O3. The highest BCUT2D eigenvalue weighted by molar-refractivity contribution is 5.91. The molecule has 7 heteroatoms. The molecule has 1 aliphatic rings. The van der Waals surface area contributed by atoms with E-state index >= 15 is 0 Å². The van der Waals surface area contributed by atoms with Crippen LogP contribution in [0.3, 0.4) is 0 Å². The minimum Gasteiger partial charge on any atom is -0.383 e. The summed E-state index contributed by atoms with van der Waals surface area (Å²) in [6.07, 6.45) is 1.02. The largest absolute Gasteiger partial charge is 0.383 e. The highest BCUT2D eigenvalue weighted by Crippen LogP contribution is 2.24. The standard InChI is InChI=1S/C13H18N4O3/c14-10-11-12(2-1-3-13(11)17(18)19)15-4-5-16-6-8-20-9-7-16/h1-3,10,14-15H,4-9H2. The number of hydrogen-bond donors (Lipinski definition) is 2. The van der Waals surface area contributed by atoms with Crippen molar-refractivity contribution in [3.8, 4) is 0 Å². The van der Waals surface area contributed by atoms with Crippen LogP contribution < -0.4 is 5.32 Å². The molecule has 0 radical (unpaired) electrons. The molecule has 7 nitrogen and oxygen atoms in total. The Labute approximate surface area is 117 Å². The molecule has 2 N–H and O–H groups in total. The molecule has 0 bridgehead atoms. The van der Waals surface area contributed by atoms with Gasteiger partial charge in [-0.05, 0) is 6.07 Å². The van der Waals surface area contributed by atoms with Crippen molar-refractivity contribution >= 4 is 17.6 Å². The minimum atomic E-state index is -0.465. The zero-order valence-corrected chi connectivity index (χ0v) is 11.2. The molecule has 0 atom stereocenters. The molecule has 1 aromatic rings. The predicted molar refractivity (Wildman–Crippen MR) is 76.7 cm³/mol. The summed E-state index contributed by atoms with van der Waals surface area (Å²) in [4.78, 5) is 12.7. The maximum Gasteiger partial charge on any atom is 0.280 e. The summed E-state index contributed by atoms with van der Waals surface area (Å²) < 4.78 is 5.28. The van der Waals surface area contributed by atoms with E-state index in [-0.39, 0.29) is 5.69 Å². The summed E-state index contributed by atoms with van der Waals surface area (Å²) in [6.45, 7) is 4.86. The van der Waals surface area contributed by atoms with Gasteiger partial charge in [-0.25, -0.2) is 0 Å². The van der Waals surface area contributed by atoms with Gasteiger partial charge in [0.05, 0.1) is 23.7 Å². The van der Waals surface area contributed by atoms with Crippen molar-refractivity contribution in [2.24, 2.45) is 0 Å². The summed E-state index contributed by atoms with van der Waals surface area (Å²) in [5.41, 5.74) is 0.901. The van der Waals surface area contributed by atoms with Crippen LogP contribution in [-0.4, -0.2) is 55.4 Å². The van der Waals surface area contributed by atoms with Crippen LogP contribution >= 0.6 is 0 Å². The van der Waals surface area contributed by atoms with Crippen molar-refractivity contribution in [2.45, 2.75) is 0 Å². The Morgan fingerprint density at radius 2 is 2.20 bits per heavy atom. The van der Waals surface area contributed by atoms with E-state index in [0.717, 1.165) is 39.1 Å². The Morgan fingerprint density at radius 1 is 1.45 bits per heavy atom. The van der Waals surface area contributed by atoms with Gasteiger partial charge in [-0.3, -0.25) is 15.0 Å². The first-order valence-corrected chi connectivity index (χ1v) is 6.54. The van der Waals surface area contributed by atoms with Crippen molar-refractivity contribution in [2.75, 3.05) is 44.7 Å². The molecule has 20 heavy (non-hydrogen) atoms. The summed E-state index contributed by atoms with van der Waals surface area (Å²) >= 11 is 0. The van der Waals surface area contributed by atoms with Crippen LogP contribution in [0.1, 0.15) is 5.56 Å². The van der Waals surface area contributed by atoms with Crippen molar-refractivity contribution in [1.29, 1.82) is 5.41 Å². The van der Waals surface area contributed by atoms with Gasteiger partial charge in [-0.2, -0.15) is 0 Å². The number of nitro benzene ring substituents is 1. The highest BCUT2D eigenvalue weighted by Gasteiger charge is 2.15. The van der Waals surface area contributed by atoms with Crippen molar-refractivity contribution < 1.29 is 9.66 Å². The molecule has 1 aromatic carbocycles. The van der Waals surface area contributed by atoms with Crippen LogP contribution in [-0.2, 0) is 4.74 Å². The molecule has 1 aliphatic heterocycles. The van der Waals surface area contributed by atoms with Crippen molar-refractivity contribution in [3.05, 3.63) is 33.9 Å². The van der Waals surface area contributed by atoms with E-state index in [1.807, 2.05) is 0 Å². The fraction of sp³-hybridized carbons (Fsp3) is 0.462. The van der Waals surface area contributed by atoms with Gasteiger partial charge < -0.3 is 15.5 Å². The number of hydrogen-bond acceptors (Lipinski definition) is 6. The first-order chi connectivity index (χ1) is 9.72. The molecule has 1 saturated heterocycles. The van der Waals surface area contributed by atoms with E-state index in [2.05, 4.69) is 10.2 Å². The monoisotopic (exact) mass is 278 g/mol. The van der Waals surface area contributed by atoms with E-state index in [9.17, 15) is 10.1 Å². The first-order valence-electron chi connectivity index (χ1n) is 6.54. The third-order valence-corrected chi connectivity index (χ3v) is 3.27. The highest BCUT2D eigenvalue weighted by atomic mass is 16.6. The van der Waals surface area contributed by atoms with E-state index in [1.54, 1.807) is 12.1 Å². The Morgan fingerprint density at radius 3 is 2.85 bits per heavy atom. The molecular weight excluding hydrogens is 260 g/mol. The lowest BCUT2D eigenvalue weighted by Crippen LogP contribution is -2.39. The molecule has 0 saturated carbocycles. The first kappa shape index (κ1) is 14.4. The maximum atomic E-state index is 10.9. The third kappa shape index (κ3) is 3.52. The molecule has 1 fully saturated rings. The molecule has 0 aliphatic carbocycles. The number of nitrogens with one attached hydrogen (secondary N) is 2. The van der Waals surface area contributed by atoms with Crippen LogP contribution in [0.15, 0.2) is 18.2 Å². The Balaban J connectivity index is 1.96. The maximum absolute atomic E-state index is 10.9. The minimum absolute atomic E-state index is 0.0450. The zero-order chi connectivity index (χ0) is 14.4. The lowest BCUT2D eigenvalue weighted by Gasteiger charge is -2.26. The number of benzene rings is 1. The van der Waals surface area contributed by atoms with E-state index in [0.29, 0.717) is 17.8 Å². The zero-order valence-electron chi connectivity index (χ0n) is 11.2. The van der Waals surface area contributed by atoms with Crippen LogP contribution in [0.2, 0.25) is 0 Å². The van der Waals surface area contributed by atoms with Crippen molar-refractivity contribution in [1.82, 2.24) is 4.90 Å². The number of morpholine rings is 1. The van der Waals surface area contributed by atoms with Crippen LogP contribution in [0, 0.1) is 15.5 Å². The van der Waals surface area contributed by atoms with Gasteiger partial charge in [0, 0.05) is 44.1 Å². The number of ether oxygens (including phenoxy) is 1. The number of nitro groups is 1. The number of rotatable bonds is 6. The van der Waals surface area contributed by atoms with E-state index in [4.69, 9.17) is 10.1 Å². The quantitative estimate of drug-likeness (QED) is 0.465. The summed E-state index contributed by atoms with van der Waals surface area (Å²) in [5, 5.41) is 21.4. The van der Waals surface area contributed by atoms with Crippen LogP contribution in [0.5, 0.6) is 0 Å². The van der Waals surface area contributed by atoms with Gasteiger partial charge in [0.15, 0.2) is 0 Å². The molecule has 0 aromatic heterocycles. The molecule has 0 unspecified atom stereocenters. The van der Waals surface area contributed by atoms with Crippen LogP contribution in [0.25, 0.3) is 0 Å². The number of anilines is 1. The second kappa shape index (κ2) is 6.97. The second-order valence-electron chi connectivity index (χ2n) is 4.52. The molecule has 0 amide bonds. The van der Waals surface area contributed by atoms with E-state index < -0.39 is 4.92 Å². The molecule has 1 heterocycles. The van der Waals surface area contributed by atoms with E-state index in [1.165, 1.54) is 6.07 Å². The number of nitrogens with zero attached hydrogens (tertiary/aromatic N) is 2. The Bertz CT molecular complexity index is 487.